The Morgan fingerprint density at radius 2 is 1.32 bits per heavy atom. The van der Waals surface area contributed by atoms with Gasteiger partial charge < -0.3 is 10.2 Å². The molecule has 0 spiro atoms. The van der Waals surface area contributed by atoms with Crippen molar-refractivity contribution in [2.45, 2.75) is 57.0 Å². The van der Waals surface area contributed by atoms with Gasteiger partial charge in [-0.15, -0.1) is 0 Å². The average molecular weight is 612 g/mol. The Kier molecular flexibility index (Phi) is 11.7. The quantitative estimate of drug-likeness (QED) is 0.167. The minimum Gasteiger partial charge on any atom is -0.354 e. The predicted molar refractivity (Wildman–Crippen MR) is 176 cm³/mol. The van der Waals surface area contributed by atoms with E-state index >= 15 is 0 Å². The first-order chi connectivity index (χ1) is 21.3. The van der Waals surface area contributed by atoms with Crippen molar-refractivity contribution in [1.82, 2.24) is 10.2 Å². The monoisotopic (exact) mass is 611 g/mol. The number of para-hydroxylation sites is 1. The van der Waals surface area contributed by atoms with Gasteiger partial charge in [0.2, 0.25) is 11.8 Å². The van der Waals surface area contributed by atoms with E-state index < -0.39 is 28.5 Å². The number of carbonyl (C=O) groups excluding carboxylic acids is 2. The van der Waals surface area contributed by atoms with Crippen molar-refractivity contribution < 1.29 is 18.0 Å². The van der Waals surface area contributed by atoms with E-state index in [1.807, 2.05) is 79.7 Å². The minimum atomic E-state index is -4.13. The van der Waals surface area contributed by atoms with Crippen LogP contribution in [0.1, 0.15) is 43.4 Å². The zero-order chi connectivity index (χ0) is 31.4. The van der Waals surface area contributed by atoms with E-state index in [1.165, 1.54) is 21.3 Å². The molecule has 4 aromatic carbocycles. The Balaban J connectivity index is 1.79. The highest BCUT2D eigenvalue weighted by Gasteiger charge is 2.35. The summed E-state index contributed by atoms with van der Waals surface area (Å²) in [5, 5.41) is 3.02. The molecule has 0 bridgehead atoms. The van der Waals surface area contributed by atoms with Crippen molar-refractivity contribution in [3.63, 3.8) is 0 Å². The van der Waals surface area contributed by atoms with E-state index in [2.05, 4.69) is 12.2 Å². The van der Waals surface area contributed by atoms with Crippen LogP contribution < -0.4 is 9.62 Å². The van der Waals surface area contributed by atoms with Crippen LogP contribution in [0.25, 0.3) is 0 Å². The topological polar surface area (TPSA) is 86.8 Å². The molecule has 0 saturated carbocycles. The molecule has 0 fully saturated rings. The Bertz CT molecular complexity index is 1600. The number of aryl methyl sites for hydroxylation is 1. The van der Waals surface area contributed by atoms with Gasteiger partial charge in [0.05, 0.1) is 10.6 Å². The second-order valence-electron chi connectivity index (χ2n) is 10.7. The summed E-state index contributed by atoms with van der Waals surface area (Å²) >= 11 is 0. The summed E-state index contributed by atoms with van der Waals surface area (Å²) in [7, 11) is -4.13. The Hall–Kier alpha value is -4.43. The largest absolute Gasteiger partial charge is 0.354 e. The van der Waals surface area contributed by atoms with Gasteiger partial charge in [-0.05, 0) is 47.7 Å². The van der Waals surface area contributed by atoms with Crippen LogP contribution in [-0.2, 0) is 39.0 Å². The molecule has 0 heterocycles. The fourth-order valence-electron chi connectivity index (χ4n) is 5.13. The van der Waals surface area contributed by atoms with E-state index in [0.717, 1.165) is 29.5 Å². The van der Waals surface area contributed by atoms with E-state index in [4.69, 9.17) is 0 Å². The zero-order valence-corrected chi connectivity index (χ0v) is 26.2. The molecule has 8 heteroatoms. The number of carbonyl (C=O) groups is 2. The average Bonchev–Trinajstić information content (AvgIpc) is 3.06. The number of nitrogens with one attached hydrogen (secondary N) is 1. The second kappa shape index (κ2) is 15.9. The maximum absolute atomic E-state index is 14.5. The molecule has 7 nitrogen and oxygen atoms in total. The summed E-state index contributed by atoms with van der Waals surface area (Å²) in [4.78, 5) is 29.9. The number of benzene rings is 4. The van der Waals surface area contributed by atoms with Crippen molar-refractivity contribution in [1.29, 1.82) is 0 Å². The molecule has 0 aromatic heterocycles. The zero-order valence-electron chi connectivity index (χ0n) is 25.4. The number of amides is 2. The Labute approximate surface area is 261 Å². The molecule has 0 aliphatic heterocycles. The van der Waals surface area contributed by atoms with Crippen LogP contribution in [0.2, 0.25) is 0 Å². The van der Waals surface area contributed by atoms with Crippen molar-refractivity contribution >= 4 is 27.5 Å². The highest BCUT2D eigenvalue weighted by molar-refractivity contribution is 7.92. The van der Waals surface area contributed by atoms with E-state index in [9.17, 15) is 18.0 Å². The standard InChI is InChI=1S/C36H41N3O4S/c1-3-5-25-37-36(41)34(26-29-17-9-6-10-18-29)38(27-30-19-11-7-12-20-30)35(40)28-39(33-24-16-15-21-31(33)4-2)44(42,43)32-22-13-8-14-23-32/h6-24,34H,3-5,25-28H2,1-2H3,(H,37,41). The maximum Gasteiger partial charge on any atom is 0.264 e. The van der Waals surface area contributed by atoms with Gasteiger partial charge in [0.25, 0.3) is 10.0 Å². The molecular formula is C36H41N3O4S. The van der Waals surface area contributed by atoms with Crippen LogP contribution in [0, 0.1) is 0 Å². The highest BCUT2D eigenvalue weighted by Crippen LogP contribution is 2.28. The molecule has 4 aromatic rings. The molecule has 0 radical (unpaired) electrons. The van der Waals surface area contributed by atoms with Gasteiger partial charge in [-0.3, -0.25) is 13.9 Å². The van der Waals surface area contributed by atoms with E-state index in [0.29, 0.717) is 18.7 Å². The smallest absolute Gasteiger partial charge is 0.264 e. The molecule has 1 unspecified atom stereocenters. The predicted octanol–water partition coefficient (Wildman–Crippen LogP) is 6.00. The van der Waals surface area contributed by atoms with Gasteiger partial charge >= 0.3 is 0 Å². The first-order valence-electron chi connectivity index (χ1n) is 15.2. The van der Waals surface area contributed by atoms with Gasteiger partial charge in [0.1, 0.15) is 12.6 Å². The van der Waals surface area contributed by atoms with Crippen LogP contribution >= 0.6 is 0 Å². The Morgan fingerprint density at radius 3 is 1.93 bits per heavy atom. The van der Waals surface area contributed by atoms with Crippen molar-refractivity contribution in [3.8, 4) is 0 Å². The van der Waals surface area contributed by atoms with Crippen molar-refractivity contribution in [2.75, 3.05) is 17.4 Å². The van der Waals surface area contributed by atoms with E-state index in [-0.39, 0.29) is 23.8 Å². The molecule has 0 aliphatic rings. The van der Waals surface area contributed by atoms with Gasteiger partial charge in [0, 0.05) is 19.5 Å². The number of hydrogen-bond acceptors (Lipinski definition) is 4. The summed E-state index contributed by atoms with van der Waals surface area (Å²) in [5.74, 6) is -0.733. The summed E-state index contributed by atoms with van der Waals surface area (Å²) < 4.78 is 29.5. The fraction of sp³-hybridized carbons (Fsp3) is 0.278. The number of anilines is 1. The third kappa shape index (κ3) is 8.35. The molecule has 44 heavy (non-hydrogen) atoms. The highest BCUT2D eigenvalue weighted by atomic mass is 32.2. The first kappa shape index (κ1) is 32.5. The fourth-order valence-corrected chi connectivity index (χ4v) is 6.60. The number of hydrogen-bond donors (Lipinski definition) is 1. The summed E-state index contributed by atoms with van der Waals surface area (Å²) in [6.07, 6.45) is 2.59. The Morgan fingerprint density at radius 1 is 0.750 bits per heavy atom. The minimum absolute atomic E-state index is 0.0893. The second-order valence-corrected chi connectivity index (χ2v) is 12.5. The summed E-state index contributed by atoms with van der Waals surface area (Å²) in [6, 6.07) is 33.6. The van der Waals surface area contributed by atoms with Gasteiger partial charge in [-0.2, -0.15) is 0 Å². The third-order valence-corrected chi connectivity index (χ3v) is 9.32. The number of sulfonamides is 1. The van der Waals surface area contributed by atoms with E-state index in [1.54, 1.807) is 30.3 Å². The number of nitrogens with zero attached hydrogens (tertiary/aromatic N) is 2. The van der Waals surface area contributed by atoms with Gasteiger partial charge in [0.15, 0.2) is 0 Å². The molecule has 1 atom stereocenters. The lowest BCUT2D eigenvalue weighted by Crippen LogP contribution is -2.53. The molecule has 0 aliphatic carbocycles. The summed E-state index contributed by atoms with van der Waals surface area (Å²) in [5.41, 5.74) is 2.98. The van der Waals surface area contributed by atoms with Gasteiger partial charge in [-0.1, -0.05) is 117 Å². The number of unbranched alkanes of at least 4 members (excludes halogenated alkanes) is 1. The molecule has 4 rings (SSSR count). The molecular weight excluding hydrogens is 570 g/mol. The lowest BCUT2D eigenvalue weighted by atomic mass is 10.0. The lowest BCUT2D eigenvalue weighted by Gasteiger charge is -2.34. The van der Waals surface area contributed by atoms with Gasteiger partial charge in [-0.25, -0.2) is 8.42 Å². The SMILES string of the molecule is CCCCNC(=O)C(Cc1ccccc1)N(Cc1ccccc1)C(=O)CN(c1ccccc1CC)S(=O)(=O)c1ccccc1. The number of rotatable bonds is 15. The van der Waals surface area contributed by atoms with Crippen LogP contribution in [0.5, 0.6) is 0 Å². The molecule has 2 amide bonds. The van der Waals surface area contributed by atoms with Crippen LogP contribution in [0.4, 0.5) is 5.69 Å². The van der Waals surface area contributed by atoms with Crippen LogP contribution in [0.15, 0.2) is 120 Å². The lowest BCUT2D eigenvalue weighted by molar-refractivity contribution is -0.140. The van der Waals surface area contributed by atoms with Crippen LogP contribution in [-0.4, -0.2) is 44.3 Å². The first-order valence-corrected chi connectivity index (χ1v) is 16.6. The van der Waals surface area contributed by atoms with Crippen molar-refractivity contribution in [3.05, 3.63) is 132 Å². The van der Waals surface area contributed by atoms with Crippen molar-refractivity contribution in [2.24, 2.45) is 0 Å². The maximum atomic E-state index is 14.5. The molecule has 230 valence electrons. The normalized spacial score (nSPS) is 11.9. The molecule has 1 N–H and O–H groups in total. The third-order valence-electron chi connectivity index (χ3n) is 7.55. The van der Waals surface area contributed by atoms with Crippen LogP contribution in [0.3, 0.4) is 0 Å². The summed E-state index contributed by atoms with van der Waals surface area (Å²) in [6.45, 7) is 4.18. The molecule has 0 saturated heterocycles.